The summed E-state index contributed by atoms with van der Waals surface area (Å²) in [6, 6.07) is 8.44. The first-order valence-corrected chi connectivity index (χ1v) is 5.08. The van der Waals surface area contributed by atoms with Gasteiger partial charge in [0.05, 0.1) is 13.7 Å². The van der Waals surface area contributed by atoms with Gasteiger partial charge in [-0.1, -0.05) is 30.3 Å². The van der Waals surface area contributed by atoms with Crippen LogP contribution in [0.5, 0.6) is 0 Å². The summed E-state index contributed by atoms with van der Waals surface area (Å²) in [6.07, 6.45) is -0.839. The second kappa shape index (κ2) is 6.42. The molecular weight excluding hydrogens is 222 g/mol. The van der Waals surface area contributed by atoms with Gasteiger partial charge in [-0.25, -0.2) is 4.79 Å². The summed E-state index contributed by atoms with van der Waals surface area (Å²) in [5.41, 5.74) is 0.400. The molecule has 0 saturated heterocycles. The summed E-state index contributed by atoms with van der Waals surface area (Å²) >= 11 is 0. The molecule has 0 saturated carbocycles. The predicted molar refractivity (Wildman–Crippen MR) is 62.2 cm³/mol. The van der Waals surface area contributed by atoms with Crippen LogP contribution in [0.25, 0.3) is 0 Å². The quantitative estimate of drug-likeness (QED) is 0.457. The standard InChI is InChI=1S/C12H13NO4/c1-3-17-12(15)13-11(16-2)10(14)9-7-5-4-6-8-9/h4-8H,3H2,1-2H3. The minimum Gasteiger partial charge on any atom is -0.478 e. The van der Waals surface area contributed by atoms with E-state index in [4.69, 9.17) is 4.74 Å². The van der Waals surface area contributed by atoms with Crippen molar-refractivity contribution in [3.05, 3.63) is 35.9 Å². The summed E-state index contributed by atoms with van der Waals surface area (Å²) in [7, 11) is 1.28. The number of hydrogen-bond acceptors (Lipinski definition) is 4. The highest BCUT2D eigenvalue weighted by molar-refractivity contribution is 6.43. The molecule has 1 aromatic carbocycles. The number of carbonyl (C=O) groups is 2. The fourth-order valence-electron chi connectivity index (χ4n) is 1.14. The second-order valence-electron chi connectivity index (χ2n) is 3.02. The summed E-state index contributed by atoms with van der Waals surface area (Å²) in [6.45, 7) is 1.85. The number of nitrogens with zero attached hydrogens (tertiary/aromatic N) is 1. The number of amides is 1. The second-order valence-corrected chi connectivity index (χ2v) is 3.02. The van der Waals surface area contributed by atoms with E-state index < -0.39 is 11.9 Å². The van der Waals surface area contributed by atoms with Gasteiger partial charge in [-0.15, -0.1) is 4.99 Å². The van der Waals surface area contributed by atoms with Gasteiger partial charge in [0.15, 0.2) is 0 Å². The third kappa shape index (κ3) is 3.71. The van der Waals surface area contributed by atoms with E-state index in [0.717, 1.165) is 0 Å². The van der Waals surface area contributed by atoms with E-state index in [9.17, 15) is 9.59 Å². The Balaban J connectivity index is 2.88. The maximum Gasteiger partial charge on any atom is 0.437 e. The Bertz CT molecular complexity index is 425. The monoisotopic (exact) mass is 235 g/mol. The third-order valence-corrected chi connectivity index (χ3v) is 1.88. The predicted octanol–water partition coefficient (Wildman–Crippen LogP) is 2.07. The van der Waals surface area contributed by atoms with E-state index in [1.165, 1.54) is 7.11 Å². The number of carbonyl (C=O) groups excluding carboxylic acids is 2. The largest absolute Gasteiger partial charge is 0.478 e. The molecular formula is C12H13NO4. The lowest BCUT2D eigenvalue weighted by molar-refractivity contribution is 0.103. The van der Waals surface area contributed by atoms with Crippen LogP contribution in [0.1, 0.15) is 17.3 Å². The number of ketones is 1. The first-order chi connectivity index (χ1) is 8.19. The highest BCUT2D eigenvalue weighted by Gasteiger charge is 2.16. The van der Waals surface area contributed by atoms with Crippen LogP contribution in [0.3, 0.4) is 0 Å². The van der Waals surface area contributed by atoms with E-state index in [2.05, 4.69) is 9.73 Å². The van der Waals surface area contributed by atoms with Crippen molar-refractivity contribution in [3.63, 3.8) is 0 Å². The molecule has 0 spiro atoms. The van der Waals surface area contributed by atoms with Crippen molar-refractivity contribution >= 4 is 17.8 Å². The van der Waals surface area contributed by atoms with Gasteiger partial charge in [-0.05, 0) is 6.92 Å². The molecule has 0 N–H and O–H groups in total. The summed E-state index contributed by atoms with van der Waals surface area (Å²) in [4.78, 5) is 26.4. The molecule has 0 radical (unpaired) electrons. The van der Waals surface area contributed by atoms with Gasteiger partial charge in [0.25, 0.3) is 5.90 Å². The molecule has 0 aromatic heterocycles. The van der Waals surface area contributed by atoms with Crippen LogP contribution in [0.2, 0.25) is 0 Å². The summed E-state index contributed by atoms with van der Waals surface area (Å²) in [5.74, 6) is -0.740. The molecule has 0 fully saturated rings. The molecule has 0 aliphatic carbocycles. The van der Waals surface area contributed by atoms with Crippen LogP contribution >= 0.6 is 0 Å². The molecule has 1 amide bonds. The van der Waals surface area contributed by atoms with Gasteiger partial charge in [0.2, 0.25) is 5.78 Å². The number of benzene rings is 1. The van der Waals surface area contributed by atoms with Crippen LogP contribution in [0.4, 0.5) is 4.79 Å². The topological polar surface area (TPSA) is 65.0 Å². The minimum absolute atomic E-state index is 0.193. The molecule has 0 aliphatic heterocycles. The number of hydrogen-bond donors (Lipinski definition) is 0. The fraction of sp³-hybridized carbons (Fsp3) is 0.250. The molecule has 0 bridgehead atoms. The molecule has 0 atom stereocenters. The lowest BCUT2D eigenvalue weighted by Crippen LogP contribution is -2.18. The SMILES string of the molecule is CCOC(=O)N=C(OC)C(=O)c1ccccc1. The molecule has 1 aromatic rings. The van der Waals surface area contributed by atoms with Gasteiger partial charge in [-0.3, -0.25) is 4.79 Å². The van der Waals surface area contributed by atoms with E-state index in [1.807, 2.05) is 0 Å². The van der Waals surface area contributed by atoms with Crippen molar-refractivity contribution in [2.45, 2.75) is 6.92 Å². The molecule has 0 aliphatic rings. The lowest BCUT2D eigenvalue weighted by atomic mass is 10.1. The Kier molecular flexibility index (Phi) is 4.87. The molecule has 90 valence electrons. The van der Waals surface area contributed by atoms with E-state index in [-0.39, 0.29) is 12.5 Å². The Hall–Kier alpha value is -2.17. The maximum atomic E-state index is 11.9. The number of Topliss-reactive ketones (excluding diaryl/α,β-unsaturated/α-hetero) is 1. The van der Waals surface area contributed by atoms with Gasteiger partial charge in [0, 0.05) is 5.56 Å². The van der Waals surface area contributed by atoms with Crippen LogP contribution < -0.4 is 0 Å². The van der Waals surface area contributed by atoms with Crippen LogP contribution in [0.15, 0.2) is 35.3 Å². The number of rotatable bonds is 3. The zero-order valence-corrected chi connectivity index (χ0v) is 9.67. The fourth-order valence-corrected chi connectivity index (χ4v) is 1.14. The van der Waals surface area contributed by atoms with E-state index >= 15 is 0 Å². The molecule has 5 nitrogen and oxygen atoms in total. The van der Waals surface area contributed by atoms with Gasteiger partial charge in [-0.2, -0.15) is 0 Å². The Morgan fingerprint density at radius 1 is 1.24 bits per heavy atom. The number of ether oxygens (including phenoxy) is 2. The maximum absolute atomic E-state index is 11.9. The average Bonchev–Trinajstić information content (AvgIpc) is 2.36. The van der Waals surface area contributed by atoms with Crippen LogP contribution in [-0.4, -0.2) is 31.5 Å². The van der Waals surface area contributed by atoms with Crippen LogP contribution in [0, 0.1) is 0 Å². The van der Waals surface area contributed by atoms with Gasteiger partial charge >= 0.3 is 6.09 Å². The lowest BCUT2D eigenvalue weighted by Gasteiger charge is -2.03. The highest BCUT2D eigenvalue weighted by atomic mass is 16.6. The molecule has 5 heteroatoms. The Morgan fingerprint density at radius 3 is 2.41 bits per heavy atom. The highest BCUT2D eigenvalue weighted by Crippen LogP contribution is 2.02. The molecule has 0 unspecified atom stereocenters. The van der Waals surface area contributed by atoms with Crippen molar-refractivity contribution in [1.29, 1.82) is 0 Å². The average molecular weight is 235 g/mol. The van der Waals surface area contributed by atoms with Crippen molar-refractivity contribution < 1.29 is 19.1 Å². The zero-order valence-electron chi connectivity index (χ0n) is 9.67. The van der Waals surface area contributed by atoms with Crippen LogP contribution in [-0.2, 0) is 9.47 Å². The van der Waals surface area contributed by atoms with Crippen molar-refractivity contribution in [2.24, 2.45) is 4.99 Å². The van der Waals surface area contributed by atoms with Gasteiger partial charge < -0.3 is 9.47 Å². The first kappa shape index (κ1) is 12.9. The first-order valence-electron chi connectivity index (χ1n) is 5.08. The van der Waals surface area contributed by atoms with Crippen molar-refractivity contribution in [1.82, 2.24) is 0 Å². The molecule has 0 heterocycles. The van der Waals surface area contributed by atoms with E-state index in [0.29, 0.717) is 5.56 Å². The minimum atomic E-state index is -0.839. The number of methoxy groups -OCH3 is 1. The zero-order chi connectivity index (χ0) is 12.7. The molecule has 1 rings (SSSR count). The third-order valence-electron chi connectivity index (χ3n) is 1.88. The number of aliphatic imine (C=N–C) groups is 1. The molecule has 17 heavy (non-hydrogen) atoms. The van der Waals surface area contributed by atoms with Gasteiger partial charge in [0.1, 0.15) is 0 Å². The van der Waals surface area contributed by atoms with Crippen molar-refractivity contribution in [3.8, 4) is 0 Å². The van der Waals surface area contributed by atoms with E-state index in [1.54, 1.807) is 37.3 Å². The Morgan fingerprint density at radius 2 is 1.88 bits per heavy atom. The normalized spacial score (nSPS) is 10.8. The smallest absolute Gasteiger partial charge is 0.437 e. The summed E-state index contributed by atoms with van der Waals surface area (Å²) < 4.78 is 9.38. The Labute approximate surface area is 99.1 Å². The van der Waals surface area contributed by atoms with Crippen molar-refractivity contribution in [2.75, 3.05) is 13.7 Å². The summed E-state index contributed by atoms with van der Waals surface area (Å²) in [5, 5.41) is 0.